The SMILES string of the molecule is CC1(C)c2ccccc2-c2cc3c(cc21)oc1c(Br)ccc(N(c2ccc(-c4ccccc4)cc2)c2ccc(-c4ccccc4)cc2)c13. The molecule has 48 heavy (non-hydrogen) atoms. The standard InChI is InChI=1S/C45H32BrNO/c1-45(2)38-16-10-9-15-35(38)36-27-37-42(28-39(36)45)48-44-40(46)25-26-41(43(37)44)47(33-21-17-31(18-22-33)29-11-5-3-6-12-29)34-23-19-32(20-24-34)30-13-7-4-8-14-30/h3-28H,1-2H3. The van der Waals surface area contributed by atoms with Gasteiger partial charge in [0, 0.05) is 22.2 Å². The van der Waals surface area contributed by atoms with Gasteiger partial charge in [0.05, 0.1) is 15.5 Å². The Morgan fingerprint density at radius 3 is 1.67 bits per heavy atom. The number of benzene rings is 7. The fourth-order valence-corrected chi connectivity index (χ4v) is 7.92. The monoisotopic (exact) mass is 681 g/mol. The highest BCUT2D eigenvalue weighted by atomic mass is 79.9. The number of fused-ring (bicyclic) bond motifs is 6. The number of hydrogen-bond acceptors (Lipinski definition) is 2. The second-order valence-electron chi connectivity index (χ2n) is 13.1. The highest BCUT2D eigenvalue weighted by Gasteiger charge is 2.36. The van der Waals surface area contributed by atoms with E-state index in [2.05, 4.69) is 192 Å². The van der Waals surface area contributed by atoms with Gasteiger partial charge in [0.25, 0.3) is 0 Å². The van der Waals surface area contributed by atoms with Crippen LogP contribution in [0.3, 0.4) is 0 Å². The lowest BCUT2D eigenvalue weighted by molar-refractivity contribution is 0.646. The van der Waals surface area contributed by atoms with Gasteiger partial charge < -0.3 is 9.32 Å². The summed E-state index contributed by atoms with van der Waals surface area (Å²) in [5, 5.41) is 2.20. The fourth-order valence-electron chi connectivity index (χ4n) is 7.51. The minimum atomic E-state index is -0.105. The Morgan fingerprint density at radius 2 is 1.06 bits per heavy atom. The van der Waals surface area contributed by atoms with Crippen molar-refractivity contribution in [2.45, 2.75) is 19.3 Å². The zero-order valence-corrected chi connectivity index (χ0v) is 28.3. The lowest BCUT2D eigenvalue weighted by Gasteiger charge is -2.27. The fraction of sp³-hybridized carbons (Fsp3) is 0.0667. The summed E-state index contributed by atoms with van der Waals surface area (Å²) >= 11 is 3.85. The van der Waals surface area contributed by atoms with Crippen molar-refractivity contribution >= 4 is 54.9 Å². The Balaban J connectivity index is 1.27. The first-order valence-electron chi connectivity index (χ1n) is 16.4. The highest BCUT2D eigenvalue weighted by molar-refractivity contribution is 9.10. The van der Waals surface area contributed by atoms with E-state index in [9.17, 15) is 0 Å². The Morgan fingerprint density at radius 1 is 0.521 bits per heavy atom. The number of furan rings is 1. The van der Waals surface area contributed by atoms with Gasteiger partial charge in [-0.3, -0.25) is 0 Å². The van der Waals surface area contributed by atoms with Crippen LogP contribution in [0.4, 0.5) is 17.1 Å². The highest BCUT2D eigenvalue weighted by Crippen LogP contribution is 2.52. The van der Waals surface area contributed by atoms with Crippen LogP contribution in [0.1, 0.15) is 25.0 Å². The van der Waals surface area contributed by atoms with Gasteiger partial charge in [-0.15, -0.1) is 0 Å². The molecule has 0 atom stereocenters. The molecule has 1 aliphatic carbocycles. The predicted molar refractivity (Wildman–Crippen MR) is 205 cm³/mol. The molecule has 9 rings (SSSR count). The number of hydrogen-bond donors (Lipinski definition) is 0. The maximum atomic E-state index is 6.74. The molecule has 0 N–H and O–H groups in total. The lowest BCUT2D eigenvalue weighted by Crippen LogP contribution is -2.14. The molecule has 0 bridgehead atoms. The first kappa shape index (κ1) is 28.8. The molecule has 1 aromatic heterocycles. The van der Waals surface area contributed by atoms with Gasteiger partial charge in [-0.25, -0.2) is 0 Å². The van der Waals surface area contributed by atoms with E-state index in [0.29, 0.717) is 0 Å². The van der Waals surface area contributed by atoms with Gasteiger partial charge >= 0.3 is 0 Å². The summed E-state index contributed by atoms with van der Waals surface area (Å²) < 4.78 is 7.68. The summed E-state index contributed by atoms with van der Waals surface area (Å²) in [5.74, 6) is 0. The van der Waals surface area contributed by atoms with Crippen LogP contribution in [0.5, 0.6) is 0 Å². The average Bonchev–Trinajstić information content (AvgIpc) is 3.63. The van der Waals surface area contributed by atoms with Crippen LogP contribution in [0, 0.1) is 0 Å². The third kappa shape index (κ3) is 4.53. The normalized spacial score (nSPS) is 13.1. The number of halogens is 1. The zero-order chi connectivity index (χ0) is 32.4. The van der Waals surface area contributed by atoms with Gasteiger partial charge in [-0.1, -0.05) is 123 Å². The summed E-state index contributed by atoms with van der Waals surface area (Å²) in [6.45, 7) is 4.63. The second-order valence-corrected chi connectivity index (χ2v) is 14.0. The van der Waals surface area contributed by atoms with Crippen LogP contribution in [0.2, 0.25) is 0 Å². The number of rotatable bonds is 5. The van der Waals surface area contributed by atoms with Crippen molar-refractivity contribution in [2.24, 2.45) is 0 Å². The summed E-state index contributed by atoms with van der Waals surface area (Å²) in [6, 6.07) is 56.6. The summed E-state index contributed by atoms with van der Waals surface area (Å²) in [4.78, 5) is 2.36. The van der Waals surface area contributed by atoms with Crippen LogP contribution in [0.25, 0.3) is 55.3 Å². The molecule has 7 aromatic carbocycles. The molecule has 0 unspecified atom stereocenters. The van der Waals surface area contributed by atoms with Gasteiger partial charge in [0.2, 0.25) is 0 Å². The van der Waals surface area contributed by atoms with E-state index in [-0.39, 0.29) is 5.41 Å². The van der Waals surface area contributed by atoms with Crippen LogP contribution in [-0.4, -0.2) is 0 Å². The molecule has 0 radical (unpaired) electrons. The molecule has 0 amide bonds. The number of anilines is 3. The minimum Gasteiger partial charge on any atom is -0.455 e. The Labute approximate surface area is 289 Å². The Kier molecular flexibility index (Phi) is 6.67. The topological polar surface area (TPSA) is 16.4 Å². The van der Waals surface area contributed by atoms with E-state index in [1.165, 1.54) is 44.5 Å². The van der Waals surface area contributed by atoms with Crippen LogP contribution in [-0.2, 0) is 5.41 Å². The predicted octanol–water partition coefficient (Wildman–Crippen LogP) is 13.5. The number of nitrogens with zero attached hydrogens (tertiary/aromatic N) is 1. The average molecular weight is 683 g/mol. The molecule has 230 valence electrons. The van der Waals surface area contributed by atoms with E-state index in [1.807, 2.05) is 0 Å². The van der Waals surface area contributed by atoms with Crippen molar-refractivity contribution < 1.29 is 4.42 Å². The quantitative estimate of drug-likeness (QED) is 0.180. The van der Waals surface area contributed by atoms with E-state index in [1.54, 1.807) is 0 Å². The molecule has 8 aromatic rings. The summed E-state index contributed by atoms with van der Waals surface area (Å²) in [5.41, 5.74) is 14.9. The second kappa shape index (κ2) is 11.1. The minimum absolute atomic E-state index is 0.105. The maximum absolute atomic E-state index is 6.74. The summed E-state index contributed by atoms with van der Waals surface area (Å²) in [7, 11) is 0. The first-order valence-corrected chi connectivity index (χ1v) is 17.2. The first-order chi connectivity index (χ1) is 23.5. The molecule has 3 heteroatoms. The van der Waals surface area contributed by atoms with Crippen molar-refractivity contribution in [1.82, 2.24) is 0 Å². The zero-order valence-electron chi connectivity index (χ0n) is 26.7. The largest absolute Gasteiger partial charge is 0.455 e. The van der Waals surface area contributed by atoms with Gasteiger partial charge in [-0.2, -0.15) is 0 Å². The van der Waals surface area contributed by atoms with E-state index in [0.717, 1.165) is 43.5 Å². The van der Waals surface area contributed by atoms with Crippen molar-refractivity contribution in [2.75, 3.05) is 4.90 Å². The van der Waals surface area contributed by atoms with Crippen molar-refractivity contribution in [3.8, 4) is 33.4 Å². The lowest BCUT2D eigenvalue weighted by atomic mass is 9.82. The molecule has 0 aliphatic heterocycles. The molecular weight excluding hydrogens is 650 g/mol. The third-order valence-corrected chi connectivity index (χ3v) is 10.6. The summed E-state index contributed by atoms with van der Waals surface area (Å²) in [6.07, 6.45) is 0. The smallest absolute Gasteiger partial charge is 0.151 e. The van der Waals surface area contributed by atoms with E-state index in [4.69, 9.17) is 4.42 Å². The molecular formula is C45H32BrNO. The van der Waals surface area contributed by atoms with Crippen LogP contribution in [0.15, 0.2) is 167 Å². The Bertz CT molecular complexity index is 2380. The van der Waals surface area contributed by atoms with Gasteiger partial charge in [0.15, 0.2) is 5.58 Å². The van der Waals surface area contributed by atoms with Crippen molar-refractivity contribution in [3.05, 3.63) is 173 Å². The molecule has 0 saturated carbocycles. The van der Waals surface area contributed by atoms with Gasteiger partial charge in [-0.05, 0) is 109 Å². The van der Waals surface area contributed by atoms with Crippen LogP contribution < -0.4 is 4.90 Å². The molecule has 0 fully saturated rings. The van der Waals surface area contributed by atoms with E-state index < -0.39 is 0 Å². The van der Waals surface area contributed by atoms with E-state index >= 15 is 0 Å². The maximum Gasteiger partial charge on any atom is 0.151 e. The Hall–Kier alpha value is -5.38. The van der Waals surface area contributed by atoms with Crippen molar-refractivity contribution in [3.63, 3.8) is 0 Å². The molecule has 2 nitrogen and oxygen atoms in total. The molecule has 0 spiro atoms. The third-order valence-electron chi connectivity index (χ3n) is 9.96. The molecule has 1 heterocycles. The van der Waals surface area contributed by atoms with Crippen LogP contribution >= 0.6 is 15.9 Å². The van der Waals surface area contributed by atoms with Crippen molar-refractivity contribution in [1.29, 1.82) is 0 Å². The van der Waals surface area contributed by atoms with Gasteiger partial charge in [0.1, 0.15) is 5.58 Å². The molecule has 0 saturated heterocycles. The molecule has 1 aliphatic rings.